The number of rotatable bonds is 6. The van der Waals surface area contributed by atoms with Crippen LogP contribution in [0, 0.1) is 0 Å². The Kier molecular flexibility index (Phi) is 4.48. The summed E-state index contributed by atoms with van der Waals surface area (Å²) in [5.74, 6) is 1.17. The van der Waals surface area contributed by atoms with Crippen LogP contribution in [-0.2, 0) is 17.9 Å². The molecule has 1 N–H and O–H groups in total. The van der Waals surface area contributed by atoms with E-state index >= 15 is 0 Å². The van der Waals surface area contributed by atoms with E-state index in [2.05, 4.69) is 20.8 Å². The SMILES string of the molecule is COc1ccc(CNC(=O)Cn2cnnn2)c(OC)c1. The number of ether oxygens (including phenoxy) is 2. The van der Waals surface area contributed by atoms with Crippen molar-refractivity contribution in [1.82, 2.24) is 25.5 Å². The van der Waals surface area contributed by atoms with Gasteiger partial charge in [0.2, 0.25) is 5.91 Å². The Hall–Kier alpha value is -2.64. The molecule has 1 heterocycles. The summed E-state index contributed by atoms with van der Waals surface area (Å²) >= 11 is 0. The molecule has 0 atom stereocenters. The number of hydrogen-bond acceptors (Lipinski definition) is 6. The van der Waals surface area contributed by atoms with Gasteiger partial charge >= 0.3 is 0 Å². The van der Waals surface area contributed by atoms with Crippen molar-refractivity contribution in [2.24, 2.45) is 0 Å². The van der Waals surface area contributed by atoms with Gasteiger partial charge in [-0.15, -0.1) is 5.10 Å². The highest BCUT2D eigenvalue weighted by molar-refractivity contribution is 5.75. The first-order valence-electron chi connectivity index (χ1n) is 5.91. The van der Waals surface area contributed by atoms with Gasteiger partial charge in [-0.05, 0) is 22.6 Å². The summed E-state index contributed by atoms with van der Waals surface area (Å²) in [7, 11) is 3.16. The van der Waals surface area contributed by atoms with Gasteiger partial charge in [0.05, 0.1) is 14.2 Å². The summed E-state index contributed by atoms with van der Waals surface area (Å²) in [6.45, 7) is 0.430. The predicted octanol–water partition coefficient (Wildman–Crippen LogP) is 0.00670. The van der Waals surface area contributed by atoms with Gasteiger partial charge in [0.1, 0.15) is 24.4 Å². The van der Waals surface area contributed by atoms with Crippen molar-refractivity contribution in [3.63, 3.8) is 0 Å². The van der Waals surface area contributed by atoms with Crippen LogP contribution in [0.25, 0.3) is 0 Å². The van der Waals surface area contributed by atoms with Gasteiger partial charge in [-0.3, -0.25) is 4.79 Å². The molecule has 2 aromatic rings. The number of tetrazole rings is 1. The van der Waals surface area contributed by atoms with Gasteiger partial charge in [0.15, 0.2) is 0 Å². The first-order chi connectivity index (χ1) is 9.72. The average Bonchev–Trinajstić information content (AvgIpc) is 2.97. The molecule has 0 aliphatic heterocycles. The van der Waals surface area contributed by atoms with Crippen molar-refractivity contribution >= 4 is 5.91 Å². The van der Waals surface area contributed by atoms with Crippen LogP contribution in [-0.4, -0.2) is 40.3 Å². The van der Waals surface area contributed by atoms with Crippen molar-refractivity contribution < 1.29 is 14.3 Å². The highest BCUT2D eigenvalue weighted by atomic mass is 16.5. The van der Waals surface area contributed by atoms with E-state index in [9.17, 15) is 4.79 Å². The minimum atomic E-state index is -0.185. The van der Waals surface area contributed by atoms with E-state index in [1.165, 1.54) is 11.0 Å². The summed E-state index contributed by atoms with van der Waals surface area (Å²) in [6.07, 6.45) is 1.38. The van der Waals surface area contributed by atoms with Crippen LogP contribution in [0.5, 0.6) is 11.5 Å². The molecule has 0 saturated carbocycles. The second kappa shape index (κ2) is 6.50. The second-order valence-corrected chi connectivity index (χ2v) is 3.96. The van der Waals surface area contributed by atoms with Crippen molar-refractivity contribution in [3.05, 3.63) is 30.1 Å². The minimum Gasteiger partial charge on any atom is -0.497 e. The highest BCUT2D eigenvalue weighted by Crippen LogP contribution is 2.24. The van der Waals surface area contributed by atoms with Crippen molar-refractivity contribution in [1.29, 1.82) is 0 Å². The zero-order valence-electron chi connectivity index (χ0n) is 11.2. The summed E-state index contributed by atoms with van der Waals surface area (Å²) in [6, 6.07) is 5.42. The molecule has 0 aliphatic rings. The maximum absolute atomic E-state index is 11.7. The Balaban J connectivity index is 1.94. The number of methoxy groups -OCH3 is 2. The summed E-state index contributed by atoms with van der Waals surface area (Å²) in [5, 5.41) is 13.3. The molecule has 20 heavy (non-hydrogen) atoms. The third kappa shape index (κ3) is 3.44. The fourth-order valence-corrected chi connectivity index (χ4v) is 1.65. The number of carbonyl (C=O) groups is 1. The van der Waals surface area contributed by atoms with E-state index in [4.69, 9.17) is 9.47 Å². The maximum Gasteiger partial charge on any atom is 0.242 e. The van der Waals surface area contributed by atoms with Crippen LogP contribution in [0.15, 0.2) is 24.5 Å². The zero-order chi connectivity index (χ0) is 14.4. The zero-order valence-corrected chi connectivity index (χ0v) is 11.2. The molecule has 1 aromatic carbocycles. The Bertz CT molecular complexity index is 570. The summed E-state index contributed by atoms with van der Waals surface area (Å²) in [4.78, 5) is 11.7. The van der Waals surface area contributed by atoms with Gasteiger partial charge in [-0.1, -0.05) is 0 Å². The molecule has 0 bridgehead atoms. The maximum atomic E-state index is 11.7. The second-order valence-electron chi connectivity index (χ2n) is 3.96. The van der Waals surface area contributed by atoms with Crippen molar-refractivity contribution in [2.75, 3.05) is 14.2 Å². The van der Waals surface area contributed by atoms with Crippen molar-refractivity contribution in [2.45, 2.75) is 13.1 Å². The monoisotopic (exact) mass is 277 g/mol. The van der Waals surface area contributed by atoms with Crippen LogP contribution < -0.4 is 14.8 Å². The van der Waals surface area contributed by atoms with Crippen LogP contribution in [0.1, 0.15) is 5.56 Å². The number of amides is 1. The third-order valence-corrected chi connectivity index (χ3v) is 2.67. The lowest BCUT2D eigenvalue weighted by atomic mass is 10.2. The first kappa shape index (κ1) is 13.8. The van der Waals surface area contributed by atoms with E-state index in [0.29, 0.717) is 18.0 Å². The molecule has 8 heteroatoms. The van der Waals surface area contributed by atoms with Crippen molar-refractivity contribution in [3.8, 4) is 11.5 Å². The summed E-state index contributed by atoms with van der Waals surface area (Å²) in [5.41, 5.74) is 0.860. The number of carbonyl (C=O) groups excluding carboxylic acids is 1. The molecule has 2 rings (SSSR count). The lowest BCUT2D eigenvalue weighted by Crippen LogP contribution is -2.27. The lowest BCUT2D eigenvalue weighted by Gasteiger charge is -2.11. The molecule has 106 valence electrons. The average molecular weight is 277 g/mol. The number of nitrogens with zero attached hydrogens (tertiary/aromatic N) is 4. The van der Waals surface area contributed by atoms with E-state index in [1.54, 1.807) is 20.3 Å². The van der Waals surface area contributed by atoms with E-state index in [0.717, 1.165) is 5.56 Å². The molecule has 0 saturated heterocycles. The molecule has 1 aromatic heterocycles. The third-order valence-electron chi connectivity index (χ3n) is 2.67. The lowest BCUT2D eigenvalue weighted by molar-refractivity contribution is -0.122. The normalized spacial score (nSPS) is 10.1. The molecular weight excluding hydrogens is 262 g/mol. The summed E-state index contributed by atoms with van der Waals surface area (Å²) < 4.78 is 11.7. The Morgan fingerprint density at radius 1 is 1.35 bits per heavy atom. The molecule has 0 fully saturated rings. The Morgan fingerprint density at radius 2 is 2.20 bits per heavy atom. The smallest absolute Gasteiger partial charge is 0.242 e. The van der Waals surface area contributed by atoms with Gasteiger partial charge in [-0.25, -0.2) is 4.68 Å². The van der Waals surface area contributed by atoms with Crippen LogP contribution >= 0.6 is 0 Å². The standard InChI is InChI=1S/C12H15N5O3/c1-19-10-4-3-9(11(5-10)20-2)6-13-12(18)7-17-8-14-15-16-17/h3-5,8H,6-7H2,1-2H3,(H,13,18). The number of nitrogens with one attached hydrogen (secondary N) is 1. The highest BCUT2D eigenvalue weighted by Gasteiger charge is 2.08. The molecule has 1 amide bonds. The van der Waals surface area contributed by atoms with E-state index in [1.807, 2.05) is 12.1 Å². The molecule has 0 radical (unpaired) electrons. The molecule has 0 spiro atoms. The number of benzene rings is 1. The Morgan fingerprint density at radius 3 is 2.85 bits per heavy atom. The van der Waals surface area contributed by atoms with Gasteiger partial charge in [0, 0.05) is 18.2 Å². The number of aromatic nitrogens is 4. The molecular formula is C12H15N5O3. The predicted molar refractivity (Wildman–Crippen MR) is 69.2 cm³/mol. The van der Waals surface area contributed by atoms with Crippen LogP contribution in [0.4, 0.5) is 0 Å². The van der Waals surface area contributed by atoms with Crippen LogP contribution in [0.2, 0.25) is 0 Å². The van der Waals surface area contributed by atoms with Gasteiger partial charge < -0.3 is 14.8 Å². The first-order valence-corrected chi connectivity index (χ1v) is 5.91. The molecule has 0 unspecified atom stereocenters. The topological polar surface area (TPSA) is 91.2 Å². The molecule has 0 aliphatic carbocycles. The minimum absolute atomic E-state index is 0.0749. The van der Waals surface area contributed by atoms with Gasteiger partial charge in [0.25, 0.3) is 0 Å². The number of hydrogen-bond donors (Lipinski definition) is 1. The molecule has 8 nitrogen and oxygen atoms in total. The van der Waals surface area contributed by atoms with E-state index < -0.39 is 0 Å². The largest absolute Gasteiger partial charge is 0.497 e. The Labute approximate surface area is 115 Å². The van der Waals surface area contributed by atoms with Gasteiger partial charge in [-0.2, -0.15) is 0 Å². The fraction of sp³-hybridized carbons (Fsp3) is 0.333. The quantitative estimate of drug-likeness (QED) is 0.799. The van der Waals surface area contributed by atoms with E-state index in [-0.39, 0.29) is 12.5 Å². The van der Waals surface area contributed by atoms with Crippen LogP contribution in [0.3, 0.4) is 0 Å². The fourth-order valence-electron chi connectivity index (χ4n) is 1.65.